The lowest BCUT2D eigenvalue weighted by Gasteiger charge is -2.13. The molecule has 9 rings (SSSR count). The molecule has 0 saturated carbocycles. The molecule has 0 spiro atoms. The molecule has 322 valence electrons. The third-order valence-corrected chi connectivity index (χ3v) is 10.7. The van der Waals surface area contributed by atoms with Gasteiger partial charge in [0.05, 0.1) is 12.8 Å². The van der Waals surface area contributed by atoms with E-state index in [2.05, 4.69) is 24.9 Å². The molecule has 3 N–H and O–H groups in total. The molecule has 2 atom stereocenters. The van der Waals surface area contributed by atoms with Gasteiger partial charge in [0.1, 0.15) is 19.0 Å². The monoisotopic (exact) mass is 904 g/mol. The Labute approximate surface area is 352 Å². The largest absolute Gasteiger partial charge is 0.481 e. The van der Waals surface area contributed by atoms with E-state index in [-0.39, 0.29) is 72.4 Å². The molecule has 0 aliphatic carbocycles. The lowest BCUT2D eigenvalue weighted by molar-refractivity contribution is -0.136. The molecule has 0 radical (unpaired) electrons. The second-order valence-electron chi connectivity index (χ2n) is 13.8. The van der Waals surface area contributed by atoms with Crippen LogP contribution in [0.2, 0.25) is 0 Å². The summed E-state index contributed by atoms with van der Waals surface area (Å²) in [5, 5.41) is 8.87. The van der Waals surface area contributed by atoms with E-state index in [0.29, 0.717) is 22.8 Å². The van der Waals surface area contributed by atoms with E-state index in [9.17, 15) is 49.5 Å². The average molecular weight is 905 g/mol. The van der Waals surface area contributed by atoms with E-state index in [4.69, 9.17) is 29.5 Å². The second kappa shape index (κ2) is 17.6. The second-order valence-corrected chi connectivity index (χ2v) is 14.6. The number of carbonyl (C=O) groups excluding carboxylic acids is 2. The Morgan fingerprint density at radius 2 is 0.984 bits per heavy atom. The molecular weight excluding hydrogens is 877 g/mol. The van der Waals surface area contributed by atoms with Crippen molar-refractivity contribution in [3.8, 4) is 0 Å². The van der Waals surface area contributed by atoms with Crippen LogP contribution in [0.1, 0.15) is 50.5 Å². The smallest absolute Gasteiger partial charge is 0.338 e. The number of nitrogens with one attached hydrogen (secondary N) is 2. The Bertz CT molecular complexity index is 2850. The van der Waals surface area contributed by atoms with Crippen molar-refractivity contribution in [2.24, 2.45) is 0 Å². The number of benzene rings is 2. The van der Waals surface area contributed by atoms with Crippen LogP contribution in [0.4, 0.5) is 39.9 Å². The number of carbonyl (C=O) groups is 3. The number of imidazole rings is 5. The molecule has 14 nitrogen and oxygen atoms in total. The number of hydrogen-bond acceptors (Lipinski definition) is 8. The molecular formula is C38H28F8N10O4S2. The van der Waals surface area contributed by atoms with Gasteiger partial charge in [0.15, 0.2) is 56.1 Å². The highest BCUT2D eigenvalue weighted by Crippen LogP contribution is 2.37. The topological polar surface area (TPSA) is 166 Å². The molecule has 24 heteroatoms. The summed E-state index contributed by atoms with van der Waals surface area (Å²) in [6.45, 7) is 0.0711. The molecule has 2 aromatic carbocycles. The summed E-state index contributed by atoms with van der Waals surface area (Å²) in [5.41, 5.74) is 0.564. The van der Waals surface area contributed by atoms with E-state index < -0.39 is 75.5 Å². The molecule has 0 amide bonds. The fraction of sp³-hybridized carbons (Fsp3) is 0.211. The highest BCUT2D eigenvalue weighted by molar-refractivity contribution is 7.71. The summed E-state index contributed by atoms with van der Waals surface area (Å²) in [6.07, 6.45) is 13.2. The highest BCUT2D eigenvalue weighted by atomic mass is 32.1. The number of rotatable bonds is 6. The van der Waals surface area contributed by atoms with Crippen molar-refractivity contribution >= 4 is 42.3 Å². The maximum absolute atomic E-state index is 14.1. The van der Waals surface area contributed by atoms with Crippen LogP contribution >= 0.6 is 24.4 Å². The maximum Gasteiger partial charge on any atom is 0.338 e. The van der Waals surface area contributed by atoms with Crippen LogP contribution in [0.25, 0.3) is 0 Å². The van der Waals surface area contributed by atoms with Crippen molar-refractivity contribution < 1.29 is 54.6 Å². The van der Waals surface area contributed by atoms with Crippen molar-refractivity contribution in [1.82, 2.24) is 47.8 Å². The van der Waals surface area contributed by atoms with Gasteiger partial charge in [-0.1, -0.05) is 0 Å². The number of carboxylic acid groups (broad SMARTS) is 1. The Balaban J connectivity index is 0.000000149. The summed E-state index contributed by atoms with van der Waals surface area (Å²) < 4.78 is 118. The van der Waals surface area contributed by atoms with Crippen LogP contribution in [0.3, 0.4) is 0 Å². The van der Waals surface area contributed by atoms with Crippen LogP contribution in [-0.2, 0) is 43.6 Å². The van der Waals surface area contributed by atoms with Gasteiger partial charge < -0.3 is 24.2 Å². The first-order chi connectivity index (χ1) is 29.5. The fourth-order valence-corrected chi connectivity index (χ4v) is 7.87. The van der Waals surface area contributed by atoms with Crippen molar-refractivity contribution in [1.29, 1.82) is 0 Å². The summed E-state index contributed by atoms with van der Waals surface area (Å²) in [4.78, 5) is 51.5. The number of H-pyrrole nitrogens is 2. The van der Waals surface area contributed by atoms with E-state index in [0.717, 1.165) is 0 Å². The zero-order valence-electron chi connectivity index (χ0n) is 31.3. The van der Waals surface area contributed by atoms with Crippen LogP contribution in [0, 0.1) is 56.1 Å². The minimum absolute atomic E-state index is 0.0149. The van der Waals surface area contributed by atoms with Gasteiger partial charge in [-0.2, -0.15) is 0 Å². The Morgan fingerprint density at radius 1 is 0.613 bits per heavy atom. The number of aromatic nitrogens is 10. The summed E-state index contributed by atoms with van der Waals surface area (Å²) in [5.74, 6) is -14.6. The third-order valence-electron chi connectivity index (χ3n) is 10.0. The van der Waals surface area contributed by atoms with Crippen LogP contribution in [0.15, 0.2) is 68.3 Å². The quantitative estimate of drug-likeness (QED) is 0.0890. The fourth-order valence-electron chi connectivity index (χ4n) is 7.26. The summed E-state index contributed by atoms with van der Waals surface area (Å²) in [6, 6.07) is 0.154. The van der Waals surface area contributed by atoms with Crippen LogP contribution in [-0.4, -0.2) is 70.8 Å². The van der Waals surface area contributed by atoms with Gasteiger partial charge in [-0.15, -0.1) is 0 Å². The van der Waals surface area contributed by atoms with Crippen LogP contribution in [0.5, 0.6) is 0 Å². The third kappa shape index (κ3) is 8.54. The molecule has 62 heavy (non-hydrogen) atoms. The Hall–Kier alpha value is -6.82. The molecule has 2 aliphatic heterocycles. The first-order valence-corrected chi connectivity index (χ1v) is 18.9. The van der Waals surface area contributed by atoms with Crippen LogP contribution < -0.4 is 0 Å². The average Bonchev–Trinajstić information content (AvgIpc) is 4.09. The first-order valence-electron chi connectivity index (χ1n) is 18.0. The van der Waals surface area contributed by atoms with Crippen molar-refractivity contribution in [3.63, 3.8) is 0 Å². The molecule has 2 aliphatic rings. The van der Waals surface area contributed by atoms with Gasteiger partial charge in [0.25, 0.3) is 0 Å². The first kappa shape index (κ1) is 43.3. The van der Waals surface area contributed by atoms with Gasteiger partial charge in [0, 0.05) is 108 Å². The molecule has 7 heterocycles. The van der Waals surface area contributed by atoms with Gasteiger partial charge >= 0.3 is 12.0 Å². The number of aromatic amines is 2. The number of nitrogens with zero attached hydrogens (tertiary/aromatic N) is 8. The number of carboxylic acids is 1. The number of fused-ring (bicyclic) bond motifs is 2. The molecule has 7 aromatic rings. The Morgan fingerprint density at radius 3 is 1.34 bits per heavy atom. The van der Waals surface area contributed by atoms with E-state index in [1.165, 1.54) is 49.6 Å². The van der Waals surface area contributed by atoms with Crippen molar-refractivity contribution in [2.75, 3.05) is 0 Å². The minimum atomic E-state index is -1.47. The van der Waals surface area contributed by atoms with Crippen molar-refractivity contribution in [3.05, 3.63) is 158 Å². The number of hydrogen-bond donors (Lipinski definition) is 3. The Kier molecular flexibility index (Phi) is 12.3. The van der Waals surface area contributed by atoms with E-state index in [1.807, 2.05) is 0 Å². The van der Waals surface area contributed by atoms with Crippen molar-refractivity contribution in [2.45, 2.75) is 50.6 Å². The molecule has 0 fully saturated rings. The molecule has 5 aromatic heterocycles. The predicted octanol–water partition coefficient (Wildman–Crippen LogP) is 7.19. The summed E-state index contributed by atoms with van der Waals surface area (Å²) >= 11 is 10.3. The lowest BCUT2D eigenvalue weighted by atomic mass is 9.94. The number of aliphatic carboxylic acids is 1. The standard InChI is InChI=1S/C17H12F4N4OS.C14H10F4N2O2S.C7H6N4O/c18-9-4-10(19)16(21)14(15(9)20)8-3-12-11(23-17(27)25(12)6-8)5-13(26)24-2-1-22-7-24;15-6-2-7(16)13(18)11(12(6)17)5-1-9-8(3-10(21)22)19-14(23)20(9)4-5;12-7(10-3-1-8-5-10)11-4-2-9-6-11/h1-2,4,7-8H,3,5-6H2,(H,23,27);2,5H,1,3-4H2,(H,19,23)(H,21,22);1-6H/t8-;5-;/m00./s1. The van der Waals surface area contributed by atoms with Gasteiger partial charge in [0.2, 0.25) is 5.91 Å². The summed E-state index contributed by atoms with van der Waals surface area (Å²) in [7, 11) is 0. The molecule has 0 unspecified atom stereocenters. The van der Waals surface area contributed by atoms with Gasteiger partial charge in [-0.3, -0.25) is 23.3 Å². The zero-order valence-corrected chi connectivity index (χ0v) is 33.0. The van der Waals surface area contributed by atoms with E-state index in [1.54, 1.807) is 29.4 Å². The highest BCUT2D eigenvalue weighted by Gasteiger charge is 2.35. The number of halogens is 8. The van der Waals surface area contributed by atoms with Gasteiger partial charge in [-0.05, 0) is 37.3 Å². The van der Waals surface area contributed by atoms with Gasteiger partial charge in [-0.25, -0.2) is 54.9 Å². The maximum atomic E-state index is 14.1. The zero-order chi connectivity index (χ0) is 44.6. The van der Waals surface area contributed by atoms with E-state index >= 15 is 0 Å². The minimum Gasteiger partial charge on any atom is -0.481 e. The lowest BCUT2D eigenvalue weighted by Crippen LogP contribution is -2.15. The predicted molar refractivity (Wildman–Crippen MR) is 203 cm³/mol. The molecule has 0 bridgehead atoms. The molecule has 0 saturated heterocycles. The SMILES string of the molecule is O=C(Cc1[nH]c(=S)n2c1C[C@H](c1c(F)c(F)cc(F)c1F)C2)n1ccnc1.O=C(O)Cc1[nH]c(=S)n2c1C[C@H](c1c(F)c(F)cc(F)c1F)C2.O=C(n1ccnc1)n1ccnc1. The normalized spacial score (nSPS) is 15.0.